The average molecular weight is 539 g/mol. The van der Waals surface area contributed by atoms with Gasteiger partial charge in [-0.25, -0.2) is 9.37 Å². The van der Waals surface area contributed by atoms with Crippen LogP contribution in [-0.4, -0.2) is 20.8 Å². The number of benzene rings is 3. The Labute approximate surface area is 208 Å². The fourth-order valence-corrected chi connectivity index (χ4v) is 3.76. The van der Waals surface area contributed by atoms with Crippen LogP contribution in [0.15, 0.2) is 75.0 Å². The fourth-order valence-electron chi connectivity index (χ4n) is 3.39. The third kappa shape index (κ3) is 5.43. The van der Waals surface area contributed by atoms with Gasteiger partial charge < -0.3 is 4.74 Å². The Morgan fingerprint density at radius 1 is 1.17 bits per heavy atom. The number of rotatable bonds is 7. The van der Waals surface area contributed by atoms with Crippen molar-refractivity contribution < 1.29 is 14.1 Å². The zero-order valence-corrected chi connectivity index (χ0v) is 20.4. The monoisotopic (exact) mass is 538 g/mol. The van der Waals surface area contributed by atoms with Crippen LogP contribution in [0.5, 0.6) is 5.75 Å². The molecule has 0 saturated heterocycles. The molecule has 178 valence electrons. The highest BCUT2D eigenvalue weighted by Crippen LogP contribution is 2.25. The number of hydrogen-bond acceptors (Lipinski definition) is 6. The van der Waals surface area contributed by atoms with Gasteiger partial charge in [-0.15, -0.1) is 0 Å². The SMILES string of the molecule is CC(C)c1nc2ccc(Br)cc2c(=O)n1N=Cc1cc([N+](=O)[O-])ccc1OCc1ccc(F)cc1. The normalized spacial score (nSPS) is 11.5. The zero-order valence-electron chi connectivity index (χ0n) is 18.8. The number of halogens is 2. The van der Waals surface area contributed by atoms with Gasteiger partial charge in [-0.05, 0) is 42.0 Å². The maximum atomic E-state index is 13.2. The number of hydrogen-bond donors (Lipinski definition) is 0. The average Bonchev–Trinajstić information content (AvgIpc) is 2.83. The summed E-state index contributed by atoms with van der Waals surface area (Å²) in [4.78, 5) is 28.7. The van der Waals surface area contributed by atoms with E-state index in [-0.39, 0.29) is 29.6 Å². The summed E-state index contributed by atoms with van der Waals surface area (Å²) in [5, 5.41) is 16.1. The quantitative estimate of drug-likeness (QED) is 0.168. The van der Waals surface area contributed by atoms with Crippen LogP contribution >= 0.6 is 15.9 Å². The summed E-state index contributed by atoms with van der Waals surface area (Å²) >= 11 is 3.37. The number of fused-ring (bicyclic) bond motifs is 1. The first-order valence-corrected chi connectivity index (χ1v) is 11.4. The van der Waals surface area contributed by atoms with E-state index in [1.807, 2.05) is 13.8 Å². The molecule has 0 fully saturated rings. The fraction of sp³-hybridized carbons (Fsp3) is 0.160. The molecule has 0 saturated carbocycles. The van der Waals surface area contributed by atoms with Gasteiger partial charge in [0.1, 0.15) is 24.0 Å². The summed E-state index contributed by atoms with van der Waals surface area (Å²) < 4.78 is 20.9. The Morgan fingerprint density at radius 2 is 1.91 bits per heavy atom. The van der Waals surface area contributed by atoms with Crippen molar-refractivity contribution in [3.8, 4) is 5.75 Å². The Morgan fingerprint density at radius 3 is 2.60 bits per heavy atom. The number of nitro groups is 1. The van der Waals surface area contributed by atoms with Gasteiger partial charge in [-0.1, -0.05) is 41.9 Å². The van der Waals surface area contributed by atoms with Crippen LogP contribution < -0.4 is 10.3 Å². The second-order valence-electron chi connectivity index (χ2n) is 8.04. The minimum absolute atomic E-state index is 0.113. The number of nitrogens with zero attached hydrogens (tertiary/aromatic N) is 4. The molecule has 0 atom stereocenters. The van der Waals surface area contributed by atoms with Crippen molar-refractivity contribution in [1.82, 2.24) is 9.66 Å². The van der Waals surface area contributed by atoms with E-state index in [1.54, 1.807) is 30.3 Å². The molecule has 0 radical (unpaired) electrons. The molecule has 0 amide bonds. The lowest BCUT2D eigenvalue weighted by Gasteiger charge is -2.12. The van der Waals surface area contributed by atoms with Crippen LogP contribution in [0.4, 0.5) is 10.1 Å². The summed E-state index contributed by atoms with van der Waals surface area (Å²) in [6, 6.07) is 15.1. The summed E-state index contributed by atoms with van der Waals surface area (Å²) in [5.74, 6) is 0.283. The first-order chi connectivity index (χ1) is 16.7. The van der Waals surface area contributed by atoms with Crippen molar-refractivity contribution in [1.29, 1.82) is 0 Å². The van der Waals surface area contributed by atoms with E-state index in [0.717, 1.165) is 10.0 Å². The second-order valence-corrected chi connectivity index (χ2v) is 8.96. The first kappa shape index (κ1) is 24.2. The Hall–Kier alpha value is -3.92. The predicted molar refractivity (Wildman–Crippen MR) is 135 cm³/mol. The van der Waals surface area contributed by atoms with Crippen molar-refractivity contribution >= 4 is 38.7 Å². The minimum atomic E-state index is -0.526. The molecule has 0 unspecified atom stereocenters. The molecular formula is C25H20BrFN4O4. The van der Waals surface area contributed by atoms with Crippen molar-refractivity contribution in [3.05, 3.63) is 108 Å². The molecule has 4 rings (SSSR count). The summed E-state index contributed by atoms with van der Waals surface area (Å²) in [7, 11) is 0. The summed E-state index contributed by atoms with van der Waals surface area (Å²) in [5.41, 5.74) is 1.05. The van der Waals surface area contributed by atoms with E-state index >= 15 is 0 Å². The molecule has 10 heteroatoms. The molecule has 1 aromatic heterocycles. The Balaban J connectivity index is 1.76. The highest BCUT2D eigenvalue weighted by atomic mass is 79.9. The maximum absolute atomic E-state index is 13.2. The van der Waals surface area contributed by atoms with Gasteiger partial charge in [-0.2, -0.15) is 9.78 Å². The molecule has 4 aromatic rings. The molecule has 0 spiro atoms. The third-order valence-corrected chi connectivity index (χ3v) is 5.67. The number of aromatic nitrogens is 2. The smallest absolute Gasteiger partial charge is 0.282 e. The van der Waals surface area contributed by atoms with E-state index in [2.05, 4.69) is 26.0 Å². The molecule has 0 aliphatic heterocycles. The highest BCUT2D eigenvalue weighted by Gasteiger charge is 2.15. The number of ether oxygens (including phenoxy) is 1. The predicted octanol–water partition coefficient (Wildman–Crippen LogP) is 5.79. The molecule has 0 bridgehead atoms. The van der Waals surface area contributed by atoms with Crippen molar-refractivity contribution in [2.45, 2.75) is 26.4 Å². The topological polar surface area (TPSA) is 99.6 Å². The van der Waals surface area contributed by atoms with Gasteiger partial charge in [0, 0.05) is 28.1 Å². The van der Waals surface area contributed by atoms with Crippen LogP contribution in [0, 0.1) is 15.9 Å². The van der Waals surface area contributed by atoms with Gasteiger partial charge in [0.15, 0.2) is 0 Å². The van der Waals surface area contributed by atoms with Crippen molar-refractivity contribution in [2.24, 2.45) is 5.10 Å². The molecular weight excluding hydrogens is 519 g/mol. The number of non-ortho nitro benzene ring substituents is 1. The maximum Gasteiger partial charge on any atom is 0.282 e. The van der Waals surface area contributed by atoms with Crippen LogP contribution in [0.3, 0.4) is 0 Å². The summed E-state index contributed by atoms with van der Waals surface area (Å²) in [6.07, 6.45) is 1.34. The lowest BCUT2D eigenvalue weighted by molar-refractivity contribution is -0.384. The minimum Gasteiger partial charge on any atom is -0.488 e. The Bertz CT molecular complexity index is 1500. The van der Waals surface area contributed by atoms with E-state index in [1.165, 1.54) is 41.2 Å². The van der Waals surface area contributed by atoms with E-state index in [0.29, 0.717) is 28.0 Å². The van der Waals surface area contributed by atoms with Crippen molar-refractivity contribution in [2.75, 3.05) is 0 Å². The summed E-state index contributed by atoms with van der Waals surface area (Å²) in [6.45, 7) is 3.90. The lowest BCUT2D eigenvalue weighted by Crippen LogP contribution is -2.23. The lowest BCUT2D eigenvalue weighted by atomic mass is 10.1. The molecule has 0 aliphatic carbocycles. The second kappa shape index (κ2) is 10.1. The molecule has 35 heavy (non-hydrogen) atoms. The molecule has 0 N–H and O–H groups in total. The van der Waals surface area contributed by atoms with E-state index < -0.39 is 4.92 Å². The Kier molecular flexibility index (Phi) is 7.02. The van der Waals surface area contributed by atoms with Crippen LogP contribution in [0.2, 0.25) is 0 Å². The van der Waals surface area contributed by atoms with Crippen LogP contribution in [-0.2, 0) is 6.61 Å². The van der Waals surface area contributed by atoms with Gasteiger partial charge in [-0.3, -0.25) is 14.9 Å². The van der Waals surface area contributed by atoms with Crippen LogP contribution in [0.25, 0.3) is 10.9 Å². The van der Waals surface area contributed by atoms with Gasteiger partial charge in [0.05, 0.1) is 22.0 Å². The molecule has 3 aromatic carbocycles. The highest BCUT2D eigenvalue weighted by molar-refractivity contribution is 9.10. The molecule has 0 aliphatic rings. The first-order valence-electron chi connectivity index (χ1n) is 10.6. The molecule has 8 nitrogen and oxygen atoms in total. The third-order valence-electron chi connectivity index (χ3n) is 5.17. The largest absolute Gasteiger partial charge is 0.488 e. The van der Waals surface area contributed by atoms with Gasteiger partial charge in [0.25, 0.3) is 11.2 Å². The van der Waals surface area contributed by atoms with Crippen LogP contribution in [0.1, 0.15) is 36.7 Å². The number of nitro benzene ring substituents is 1. The van der Waals surface area contributed by atoms with Gasteiger partial charge in [0.2, 0.25) is 0 Å². The van der Waals surface area contributed by atoms with E-state index in [9.17, 15) is 19.3 Å². The van der Waals surface area contributed by atoms with E-state index in [4.69, 9.17) is 4.74 Å². The standard InChI is InChI=1S/C25H20BrFN4O4/c1-15(2)24-29-22-9-5-18(26)12-21(22)25(32)30(24)28-13-17-11-20(31(33)34)8-10-23(17)35-14-16-3-6-19(27)7-4-16/h3-13,15H,14H2,1-2H3. The molecule has 1 heterocycles. The zero-order chi connectivity index (χ0) is 25.1. The van der Waals surface area contributed by atoms with Crippen molar-refractivity contribution in [3.63, 3.8) is 0 Å². The van der Waals surface area contributed by atoms with Gasteiger partial charge >= 0.3 is 0 Å².